The van der Waals surface area contributed by atoms with Crippen LogP contribution in [0.5, 0.6) is 0 Å². The number of hydrogen-bond donors (Lipinski definition) is 2. The van der Waals surface area contributed by atoms with Gasteiger partial charge in [0.05, 0.1) is 21.2 Å². The Morgan fingerprint density at radius 1 is 0.966 bits per heavy atom. The summed E-state index contributed by atoms with van der Waals surface area (Å²) >= 11 is 11.8. The highest BCUT2D eigenvalue weighted by atomic mass is 35.5. The maximum atomic E-state index is 13.5. The predicted molar refractivity (Wildman–Crippen MR) is 102 cm³/mol. The van der Waals surface area contributed by atoms with Crippen molar-refractivity contribution < 1.29 is 23.2 Å². The quantitative estimate of drug-likeness (QED) is 0.551. The van der Waals surface area contributed by atoms with Crippen LogP contribution in [-0.2, 0) is 4.79 Å². The fourth-order valence-electron chi connectivity index (χ4n) is 2.63. The van der Waals surface area contributed by atoms with E-state index in [1.54, 1.807) is 12.1 Å². The minimum Gasteiger partial charge on any atom is -0.326 e. The van der Waals surface area contributed by atoms with Crippen LogP contribution in [0.1, 0.15) is 33.6 Å². The van der Waals surface area contributed by atoms with Crippen LogP contribution in [0.2, 0.25) is 10.0 Å². The van der Waals surface area contributed by atoms with Crippen LogP contribution >= 0.6 is 23.2 Å². The lowest BCUT2D eigenvalue weighted by atomic mass is 10.1. The molecular weight excluding hydrogens is 427 g/mol. The first kappa shape index (κ1) is 21.0. The summed E-state index contributed by atoms with van der Waals surface area (Å²) in [5, 5.41) is -0.0472. The number of nitrogens with one attached hydrogen (secondary N) is 2. The summed E-state index contributed by atoms with van der Waals surface area (Å²) in [5.41, 5.74) is 4.34. The summed E-state index contributed by atoms with van der Waals surface area (Å²) < 4.78 is 26.8. The van der Waals surface area contributed by atoms with Gasteiger partial charge in [-0.1, -0.05) is 35.3 Å². The molecule has 0 radical (unpaired) electrons. The summed E-state index contributed by atoms with van der Waals surface area (Å²) in [6, 6.07) is 7.46. The number of rotatable bonds is 5. The molecule has 152 valence electrons. The first-order valence-corrected chi connectivity index (χ1v) is 9.32. The monoisotopic (exact) mass is 441 g/mol. The third kappa shape index (κ3) is 5.02. The molecule has 2 N–H and O–H groups in total. The van der Waals surface area contributed by atoms with Crippen LogP contribution < -0.4 is 10.9 Å². The number of carbonyl (C=O) groups is 3. The molecule has 0 atom stereocenters. The van der Waals surface area contributed by atoms with E-state index in [1.165, 1.54) is 17.0 Å². The fraction of sp³-hybridized carbons (Fsp3) is 0.211. The standard InChI is InChI=1S/C19H15Cl2F2N3O3/c20-13-4-2-1-3-11(13)18(28)25-24-17(27)9-26(10-5-6-10)19(29)12-7-15(22)16(23)8-14(12)21/h1-4,7-8,10H,5-6,9H2,(H,24,27)(H,25,28). The molecule has 1 saturated carbocycles. The van der Waals surface area contributed by atoms with Crippen molar-refractivity contribution >= 4 is 40.9 Å². The van der Waals surface area contributed by atoms with Gasteiger partial charge in [-0.3, -0.25) is 25.2 Å². The number of nitrogens with zero attached hydrogens (tertiary/aromatic N) is 1. The Morgan fingerprint density at radius 2 is 1.62 bits per heavy atom. The van der Waals surface area contributed by atoms with Crippen LogP contribution in [0.15, 0.2) is 36.4 Å². The van der Waals surface area contributed by atoms with Crippen molar-refractivity contribution in [2.45, 2.75) is 18.9 Å². The summed E-state index contributed by atoms with van der Waals surface area (Å²) in [5.74, 6) is -4.40. The number of benzene rings is 2. The lowest BCUT2D eigenvalue weighted by molar-refractivity contribution is -0.122. The van der Waals surface area contributed by atoms with E-state index in [1.807, 2.05) is 0 Å². The van der Waals surface area contributed by atoms with E-state index in [4.69, 9.17) is 23.2 Å². The van der Waals surface area contributed by atoms with Gasteiger partial charge in [0.25, 0.3) is 17.7 Å². The number of carbonyl (C=O) groups excluding carboxylic acids is 3. The van der Waals surface area contributed by atoms with Crippen LogP contribution in [0, 0.1) is 11.6 Å². The Kier molecular flexibility index (Phi) is 6.34. The minimum absolute atomic E-state index is 0.165. The zero-order valence-corrected chi connectivity index (χ0v) is 16.4. The minimum atomic E-state index is -1.22. The molecule has 10 heteroatoms. The van der Waals surface area contributed by atoms with Crippen LogP contribution in [0.3, 0.4) is 0 Å². The van der Waals surface area contributed by atoms with Gasteiger partial charge in [0, 0.05) is 6.04 Å². The molecule has 3 amide bonds. The van der Waals surface area contributed by atoms with Gasteiger partial charge in [-0.2, -0.15) is 0 Å². The average Bonchev–Trinajstić information content (AvgIpc) is 3.52. The molecule has 0 saturated heterocycles. The molecule has 0 heterocycles. The number of amides is 3. The molecule has 6 nitrogen and oxygen atoms in total. The van der Waals surface area contributed by atoms with E-state index >= 15 is 0 Å². The average molecular weight is 442 g/mol. The highest BCUT2D eigenvalue weighted by Gasteiger charge is 2.35. The van der Waals surface area contributed by atoms with Crippen LogP contribution in [-0.4, -0.2) is 35.2 Å². The van der Waals surface area contributed by atoms with E-state index in [9.17, 15) is 23.2 Å². The van der Waals surface area contributed by atoms with Gasteiger partial charge in [-0.05, 0) is 37.1 Å². The van der Waals surface area contributed by atoms with Crippen molar-refractivity contribution in [1.29, 1.82) is 0 Å². The molecule has 0 aromatic heterocycles. The molecule has 0 aliphatic heterocycles. The van der Waals surface area contributed by atoms with E-state index in [-0.39, 0.29) is 27.2 Å². The molecule has 29 heavy (non-hydrogen) atoms. The Hall–Kier alpha value is -2.71. The second-order valence-electron chi connectivity index (χ2n) is 6.39. The summed E-state index contributed by atoms with van der Waals surface area (Å²) in [6.07, 6.45) is 1.32. The molecule has 1 fully saturated rings. The molecule has 0 spiro atoms. The van der Waals surface area contributed by atoms with Crippen molar-refractivity contribution in [2.24, 2.45) is 0 Å². The maximum Gasteiger partial charge on any atom is 0.271 e. The van der Waals surface area contributed by atoms with Crippen molar-refractivity contribution in [1.82, 2.24) is 15.8 Å². The second-order valence-corrected chi connectivity index (χ2v) is 7.21. The zero-order valence-electron chi connectivity index (χ0n) is 14.8. The Balaban J connectivity index is 1.66. The summed E-state index contributed by atoms with van der Waals surface area (Å²) in [4.78, 5) is 38.2. The zero-order chi connectivity index (χ0) is 21.1. The van der Waals surface area contributed by atoms with Crippen molar-refractivity contribution in [3.63, 3.8) is 0 Å². The topological polar surface area (TPSA) is 78.5 Å². The molecule has 2 aromatic carbocycles. The molecule has 2 aromatic rings. The third-order valence-electron chi connectivity index (χ3n) is 4.24. The van der Waals surface area contributed by atoms with Crippen LogP contribution in [0.25, 0.3) is 0 Å². The predicted octanol–water partition coefficient (Wildman–Crippen LogP) is 3.34. The summed E-state index contributed by atoms with van der Waals surface area (Å²) in [6.45, 7) is -0.401. The Bertz CT molecular complexity index is 983. The first-order valence-electron chi connectivity index (χ1n) is 8.57. The van der Waals surface area contributed by atoms with Crippen molar-refractivity contribution in [3.05, 3.63) is 69.2 Å². The fourth-order valence-corrected chi connectivity index (χ4v) is 3.08. The lowest BCUT2D eigenvalue weighted by Gasteiger charge is -2.22. The van der Waals surface area contributed by atoms with Gasteiger partial charge in [-0.15, -0.1) is 0 Å². The van der Waals surface area contributed by atoms with Gasteiger partial charge in [0.15, 0.2) is 11.6 Å². The highest BCUT2D eigenvalue weighted by Crippen LogP contribution is 2.30. The van der Waals surface area contributed by atoms with Crippen LogP contribution in [0.4, 0.5) is 8.78 Å². The van der Waals surface area contributed by atoms with E-state index in [0.717, 1.165) is 0 Å². The largest absolute Gasteiger partial charge is 0.326 e. The first-order chi connectivity index (χ1) is 13.8. The van der Waals surface area contributed by atoms with Crippen molar-refractivity contribution in [2.75, 3.05) is 6.54 Å². The number of halogens is 4. The van der Waals surface area contributed by atoms with E-state index in [0.29, 0.717) is 25.0 Å². The van der Waals surface area contributed by atoms with E-state index < -0.39 is 35.9 Å². The highest BCUT2D eigenvalue weighted by molar-refractivity contribution is 6.34. The smallest absolute Gasteiger partial charge is 0.271 e. The molecule has 1 aliphatic rings. The molecular formula is C19H15Cl2F2N3O3. The van der Waals surface area contributed by atoms with Gasteiger partial charge in [0.2, 0.25) is 0 Å². The number of hydrogen-bond acceptors (Lipinski definition) is 3. The van der Waals surface area contributed by atoms with Gasteiger partial charge >= 0.3 is 0 Å². The third-order valence-corrected chi connectivity index (χ3v) is 4.88. The number of hydrazine groups is 1. The van der Waals surface area contributed by atoms with Gasteiger partial charge < -0.3 is 4.90 Å². The Morgan fingerprint density at radius 3 is 2.28 bits per heavy atom. The SMILES string of the molecule is O=C(CN(C(=O)c1cc(F)c(F)cc1Cl)C1CC1)NNC(=O)c1ccccc1Cl. The van der Waals surface area contributed by atoms with Crippen molar-refractivity contribution in [3.8, 4) is 0 Å². The Labute approximate surface area is 174 Å². The molecule has 3 rings (SSSR count). The molecule has 0 bridgehead atoms. The van der Waals surface area contributed by atoms with E-state index in [2.05, 4.69) is 10.9 Å². The summed E-state index contributed by atoms with van der Waals surface area (Å²) in [7, 11) is 0. The molecule has 1 aliphatic carbocycles. The second kappa shape index (κ2) is 8.75. The van der Waals surface area contributed by atoms with Gasteiger partial charge in [-0.25, -0.2) is 8.78 Å². The normalized spacial score (nSPS) is 13.0. The maximum absolute atomic E-state index is 13.5. The molecule has 0 unspecified atom stereocenters. The lowest BCUT2D eigenvalue weighted by Crippen LogP contribution is -2.48. The van der Waals surface area contributed by atoms with Gasteiger partial charge in [0.1, 0.15) is 6.54 Å².